The molecule has 1 fully saturated rings. The zero-order chi connectivity index (χ0) is 9.26. The summed E-state index contributed by atoms with van der Waals surface area (Å²) in [6, 6.07) is 1.25. The van der Waals surface area contributed by atoms with Gasteiger partial charge in [0.25, 0.3) is 0 Å². The molecule has 1 aromatic rings. The highest BCUT2D eigenvalue weighted by Gasteiger charge is 2.29. The van der Waals surface area contributed by atoms with E-state index in [4.69, 9.17) is 0 Å². The summed E-state index contributed by atoms with van der Waals surface area (Å²) in [6.07, 6.45) is 4.52. The maximum absolute atomic E-state index is 4.41. The molecule has 1 aliphatic rings. The third-order valence-corrected chi connectivity index (χ3v) is 3.57. The summed E-state index contributed by atoms with van der Waals surface area (Å²) in [5.41, 5.74) is 0. The average molecular weight is 196 g/mol. The van der Waals surface area contributed by atoms with Gasteiger partial charge in [-0.1, -0.05) is 0 Å². The quantitative estimate of drug-likeness (QED) is 0.723. The van der Waals surface area contributed by atoms with Gasteiger partial charge in [0, 0.05) is 17.6 Å². The Morgan fingerprint density at radius 2 is 2.46 bits per heavy atom. The molecule has 1 aromatic heterocycles. The topological polar surface area (TPSA) is 16.1 Å². The van der Waals surface area contributed by atoms with Gasteiger partial charge < -0.3 is 0 Å². The monoisotopic (exact) mass is 196 g/mol. The van der Waals surface area contributed by atoms with Crippen molar-refractivity contribution >= 4 is 11.3 Å². The fourth-order valence-electron chi connectivity index (χ4n) is 2.07. The van der Waals surface area contributed by atoms with E-state index in [2.05, 4.69) is 29.1 Å². The fourth-order valence-corrected chi connectivity index (χ4v) is 2.86. The molecule has 0 bridgehead atoms. The second kappa shape index (κ2) is 3.76. The zero-order valence-corrected chi connectivity index (χ0v) is 9.05. The Balaban J connectivity index is 2.14. The molecule has 2 heterocycles. The molecule has 2 rings (SSSR count). The molecule has 3 heteroatoms. The zero-order valence-electron chi connectivity index (χ0n) is 8.23. The van der Waals surface area contributed by atoms with E-state index in [1.54, 1.807) is 11.3 Å². The van der Waals surface area contributed by atoms with Crippen LogP contribution in [0.2, 0.25) is 0 Å². The molecule has 2 nitrogen and oxygen atoms in total. The third-order valence-electron chi connectivity index (χ3n) is 2.69. The molecule has 1 saturated heterocycles. The third kappa shape index (κ3) is 1.76. The van der Waals surface area contributed by atoms with Crippen LogP contribution in [-0.2, 0) is 0 Å². The Morgan fingerprint density at radius 3 is 3.08 bits per heavy atom. The van der Waals surface area contributed by atoms with Crippen LogP contribution in [0, 0.1) is 0 Å². The molecule has 1 aliphatic heterocycles. The van der Waals surface area contributed by atoms with Crippen molar-refractivity contribution < 1.29 is 0 Å². The second-order valence-electron chi connectivity index (χ2n) is 3.86. The van der Waals surface area contributed by atoms with E-state index in [1.165, 1.54) is 24.4 Å². The first kappa shape index (κ1) is 9.16. The van der Waals surface area contributed by atoms with E-state index in [0.717, 1.165) is 0 Å². The molecule has 1 atom stereocenters. The van der Waals surface area contributed by atoms with E-state index < -0.39 is 0 Å². The molecule has 0 aromatic carbocycles. The maximum atomic E-state index is 4.41. The summed E-state index contributed by atoms with van der Waals surface area (Å²) in [4.78, 5) is 6.96. The Labute approximate surface area is 83.6 Å². The number of rotatable bonds is 2. The molecule has 0 aliphatic carbocycles. The lowest BCUT2D eigenvalue weighted by atomic mass is 10.2. The number of aromatic nitrogens is 1. The van der Waals surface area contributed by atoms with Crippen molar-refractivity contribution in [1.29, 1.82) is 0 Å². The second-order valence-corrected chi connectivity index (χ2v) is 4.79. The van der Waals surface area contributed by atoms with Gasteiger partial charge in [-0.3, -0.25) is 4.90 Å². The highest BCUT2D eigenvalue weighted by molar-refractivity contribution is 7.09. The van der Waals surface area contributed by atoms with Gasteiger partial charge in [-0.25, -0.2) is 4.98 Å². The van der Waals surface area contributed by atoms with Crippen LogP contribution >= 0.6 is 11.3 Å². The van der Waals surface area contributed by atoms with Crippen LogP contribution in [0.3, 0.4) is 0 Å². The summed E-state index contributed by atoms with van der Waals surface area (Å²) in [5.74, 6) is 0. The maximum Gasteiger partial charge on any atom is 0.110 e. The van der Waals surface area contributed by atoms with Crippen LogP contribution in [0.4, 0.5) is 0 Å². The first-order valence-electron chi connectivity index (χ1n) is 4.94. The number of hydrogen-bond acceptors (Lipinski definition) is 3. The lowest BCUT2D eigenvalue weighted by molar-refractivity contribution is 0.205. The van der Waals surface area contributed by atoms with Gasteiger partial charge in [0.1, 0.15) is 5.01 Å². The van der Waals surface area contributed by atoms with Crippen molar-refractivity contribution in [2.75, 3.05) is 6.54 Å². The van der Waals surface area contributed by atoms with Crippen molar-refractivity contribution in [3.8, 4) is 0 Å². The molecular weight excluding hydrogens is 180 g/mol. The Hall–Kier alpha value is -0.410. The summed E-state index contributed by atoms with van der Waals surface area (Å²) < 4.78 is 0. The highest BCUT2D eigenvalue weighted by Crippen LogP contribution is 2.34. The summed E-state index contributed by atoms with van der Waals surface area (Å²) >= 11 is 1.79. The molecule has 72 valence electrons. The van der Waals surface area contributed by atoms with Gasteiger partial charge in [0.2, 0.25) is 0 Å². The molecule has 0 amide bonds. The van der Waals surface area contributed by atoms with Crippen LogP contribution in [0.15, 0.2) is 11.6 Å². The number of thiazole rings is 1. The Kier molecular flexibility index (Phi) is 2.65. The molecule has 13 heavy (non-hydrogen) atoms. The first-order chi connectivity index (χ1) is 6.29. The van der Waals surface area contributed by atoms with Crippen molar-refractivity contribution in [3.05, 3.63) is 16.6 Å². The minimum absolute atomic E-state index is 0.597. The van der Waals surface area contributed by atoms with Gasteiger partial charge in [-0.2, -0.15) is 0 Å². The van der Waals surface area contributed by atoms with E-state index in [0.29, 0.717) is 12.1 Å². The molecule has 0 saturated carbocycles. The van der Waals surface area contributed by atoms with Crippen LogP contribution < -0.4 is 0 Å². The van der Waals surface area contributed by atoms with Gasteiger partial charge in [-0.05, 0) is 33.2 Å². The van der Waals surface area contributed by atoms with Crippen LogP contribution in [0.25, 0.3) is 0 Å². The summed E-state index contributed by atoms with van der Waals surface area (Å²) in [5, 5.41) is 3.37. The van der Waals surface area contributed by atoms with Crippen molar-refractivity contribution in [3.63, 3.8) is 0 Å². The lowest BCUT2D eigenvalue weighted by Gasteiger charge is -2.26. The van der Waals surface area contributed by atoms with Crippen LogP contribution in [0.1, 0.15) is 37.7 Å². The van der Waals surface area contributed by atoms with Gasteiger partial charge in [0.05, 0.1) is 6.04 Å². The molecule has 0 radical (unpaired) electrons. The predicted molar refractivity (Wildman–Crippen MR) is 55.9 cm³/mol. The SMILES string of the molecule is CC(C)N1CCCC1c1nccs1. The molecule has 1 unspecified atom stereocenters. The molecular formula is C10H16N2S. The van der Waals surface area contributed by atoms with E-state index in [1.807, 2.05) is 6.20 Å². The summed E-state index contributed by atoms with van der Waals surface area (Å²) in [7, 11) is 0. The number of nitrogens with zero attached hydrogens (tertiary/aromatic N) is 2. The minimum atomic E-state index is 0.597. The van der Waals surface area contributed by atoms with Crippen molar-refractivity contribution in [1.82, 2.24) is 9.88 Å². The first-order valence-corrected chi connectivity index (χ1v) is 5.82. The number of hydrogen-bond donors (Lipinski definition) is 0. The molecule has 0 spiro atoms. The summed E-state index contributed by atoms with van der Waals surface area (Å²) in [6.45, 7) is 5.78. The largest absolute Gasteiger partial charge is 0.292 e. The average Bonchev–Trinajstić information content (AvgIpc) is 2.74. The van der Waals surface area contributed by atoms with Crippen LogP contribution in [0.5, 0.6) is 0 Å². The van der Waals surface area contributed by atoms with E-state index >= 15 is 0 Å². The smallest absolute Gasteiger partial charge is 0.110 e. The normalized spacial score (nSPS) is 24.4. The van der Waals surface area contributed by atoms with Crippen LogP contribution in [-0.4, -0.2) is 22.5 Å². The van der Waals surface area contributed by atoms with Crippen molar-refractivity contribution in [2.45, 2.75) is 38.8 Å². The van der Waals surface area contributed by atoms with Gasteiger partial charge >= 0.3 is 0 Å². The predicted octanol–water partition coefficient (Wildman–Crippen LogP) is 2.69. The molecule has 0 N–H and O–H groups in total. The van der Waals surface area contributed by atoms with Crippen molar-refractivity contribution in [2.24, 2.45) is 0 Å². The van der Waals surface area contributed by atoms with Gasteiger partial charge in [-0.15, -0.1) is 11.3 Å². The van der Waals surface area contributed by atoms with E-state index in [9.17, 15) is 0 Å². The fraction of sp³-hybridized carbons (Fsp3) is 0.700. The minimum Gasteiger partial charge on any atom is -0.292 e. The van der Waals surface area contributed by atoms with Gasteiger partial charge in [0.15, 0.2) is 0 Å². The lowest BCUT2D eigenvalue weighted by Crippen LogP contribution is -2.30. The highest BCUT2D eigenvalue weighted by atomic mass is 32.1. The Morgan fingerprint density at radius 1 is 1.62 bits per heavy atom. The van der Waals surface area contributed by atoms with E-state index in [-0.39, 0.29) is 0 Å². The number of likely N-dealkylation sites (tertiary alicyclic amines) is 1. The standard InChI is InChI=1S/C10H16N2S/c1-8(2)12-6-3-4-9(12)10-11-5-7-13-10/h5,7-9H,3-4,6H2,1-2H3. The Bertz CT molecular complexity index is 256.